The number of hydrazine groups is 1. The lowest BCUT2D eigenvalue weighted by molar-refractivity contribution is 0.801. The van der Waals surface area contributed by atoms with E-state index in [-0.39, 0.29) is 0 Å². The fourth-order valence-corrected chi connectivity index (χ4v) is 1.69. The predicted octanol–water partition coefficient (Wildman–Crippen LogP) is 2.79. The smallest absolute Gasteiger partial charge is 0.210 e. The lowest BCUT2D eigenvalue weighted by atomic mass is 10.2. The van der Waals surface area contributed by atoms with Gasteiger partial charge in [0, 0.05) is 16.7 Å². The molecule has 4 nitrogen and oxygen atoms in total. The van der Waals surface area contributed by atoms with E-state index in [4.69, 9.17) is 5.84 Å². The number of benzene rings is 1. The highest BCUT2D eigenvalue weighted by Crippen LogP contribution is 2.20. The fraction of sp³-hybridized carbons (Fsp3) is 0.417. The van der Waals surface area contributed by atoms with Crippen molar-refractivity contribution in [3.8, 4) is 0 Å². The topological polar surface area (TPSA) is 62.4 Å². The zero-order valence-electron chi connectivity index (χ0n) is 10.3. The van der Waals surface area contributed by atoms with Crippen LogP contribution in [0.4, 0.5) is 5.69 Å². The van der Waals surface area contributed by atoms with Gasteiger partial charge in [-0.3, -0.25) is 10.4 Å². The van der Waals surface area contributed by atoms with Gasteiger partial charge >= 0.3 is 0 Å². The Labute approximate surface area is 111 Å². The number of aliphatic imine (C=N–C) groups is 1. The first-order chi connectivity index (χ1) is 8.17. The van der Waals surface area contributed by atoms with Crippen molar-refractivity contribution >= 4 is 27.6 Å². The van der Waals surface area contributed by atoms with Crippen LogP contribution in [0.2, 0.25) is 0 Å². The van der Waals surface area contributed by atoms with Gasteiger partial charge in [-0.25, -0.2) is 5.84 Å². The summed E-state index contributed by atoms with van der Waals surface area (Å²) < 4.78 is 1.02. The van der Waals surface area contributed by atoms with Crippen molar-refractivity contribution in [1.29, 1.82) is 0 Å². The van der Waals surface area contributed by atoms with Crippen LogP contribution < -0.4 is 16.6 Å². The van der Waals surface area contributed by atoms with Crippen LogP contribution in [0.25, 0.3) is 0 Å². The normalized spacial score (nSPS) is 11.4. The molecule has 1 aromatic rings. The monoisotopic (exact) mass is 298 g/mol. The molecule has 0 aliphatic rings. The third-order valence-corrected chi connectivity index (χ3v) is 2.86. The van der Waals surface area contributed by atoms with Gasteiger partial charge in [-0.2, -0.15) is 0 Å². The lowest BCUT2D eigenvalue weighted by Crippen LogP contribution is -2.36. The molecule has 0 amide bonds. The zero-order chi connectivity index (χ0) is 12.7. The average Bonchev–Trinajstić information content (AvgIpc) is 2.32. The number of nitrogens with zero attached hydrogens (tertiary/aromatic N) is 1. The lowest BCUT2D eigenvalue weighted by Gasteiger charge is -2.11. The Balaban J connectivity index is 2.73. The number of nitrogens with one attached hydrogen (secondary N) is 2. The third kappa shape index (κ3) is 4.75. The molecule has 1 aromatic carbocycles. The van der Waals surface area contributed by atoms with Gasteiger partial charge in [-0.1, -0.05) is 35.3 Å². The molecule has 0 spiro atoms. The number of rotatable bonds is 4. The first kappa shape index (κ1) is 14.0. The second-order valence-corrected chi connectivity index (χ2v) is 4.73. The van der Waals surface area contributed by atoms with E-state index >= 15 is 0 Å². The predicted molar refractivity (Wildman–Crippen MR) is 77.0 cm³/mol. The maximum atomic E-state index is 5.44. The summed E-state index contributed by atoms with van der Waals surface area (Å²) in [6, 6.07) is 6.04. The van der Waals surface area contributed by atoms with Crippen molar-refractivity contribution < 1.29 is 0 Å². The first-order valence-electron chi connectivity index (χ1n) is 5.71. The van der Waals surface area contributed by atoms with E-state index in [1.54, 1.807) is 0 Å². The quantitative estimate of drug-likeness (QED) is 0.263. The van der Waals surface area contributed by atoms with Crippen LogP contribution in [0.3, 0.4) is 0 Å². The summed E-state index contributed by atoms with van der Waals surface area (Å²) >= 11 is 3.44. The van der Waals surface area contributed by atoms with Gasteiger partial charge < -0.3 is 5.32 Å². The molecule has 17 heavy (non-hydrogen) atoms. The molecule has 0 fully saturated rings. The zero-order valence-corrected chi connectivity index (χ0v) is 11.8. The molecule has 1 rings (SSSR count). The molecule has 0 unspecified atom stereocenters. The third-order valence-electron chi connectivity index (χ3n) is 2.37. The molecule has 0 aliphatic carbocycles. The number of halogens is 1. The summed E-state index contributed by atoms with van der Waals surface area (Å²) in [6.07, 6.45) is 2.18. The van der Waals surface area contributed by atoms with Gasteiger partial charge in [0.15, 0.2) is 0 Å². The van der Waals surface area contributed by atoms with Crippen LogP contribution in [-0.2, 0) is 0 Å². The molecular formula is C12H19BrN4. The first-order valence-corrected chi connectivity index (χ1v) is 6.51. The molecule has 0 heterocycles. The van der Waals surface area contributed by atoms with E-state index < -0.39 is 0 Å². The highest BCUT2D eigenvalue weighted by molar-refractivity contribution is 9.10. The minimum Gasteiger partial charge on any atom is -0.325 e. The van der Waals surface area contributed by atoms with Crippen molar-refractivity contribution in [2.45, 2.75) is 26.7 Å². The molecule has 0 saturated heterocycles. The van der Waals surface area contributed by atoms with Crippen LogP contribution in [0.5, 0.6) is 0 Å². The SMILES string of the molecule is CCCCN=C(NN)Nc1cc(Br)ccc1C. The van der Waals surface area contributed by atoms with Gasteiger partial charge in [-0.15, -0.1) is 0 Å². The molecule has 0 aliphatic heterocycles. The highest BCUT2D eigenvalue weighted by Gasteiger charge is 2.02. The summed E-state index contributed by atoms with van der Waals surface area (Å²) in [5, 5.41) is 3.18. The Morgan fingerprint density at radius 2 is 2.24 bits per heavy atom. The molecule has 0 saturated carbocycles. The Kier molecular flexibility index (Phi) is 6.00. The number of hydrogen-bond acceptors (Lipinski definition) is 2. The Morgan fingerprint density at radius 1 is 1.47 bits per heavy atom. The number of aryl methyl sites for hydroxylation is 1. The maximum absolute atomic E-state index is 5.44. The van der Waals surface area contributed by atoms with E-state index in [0.717, 1.165) is 35.1 Å². The van der Waals surface area contributed by atoms with Crippen LogP contribution in [-0.4, -0.2) is 12.5 Å². The number of anilines is 1. The standard InChI is InChI=1S/C12H19BrN4/c1-3-4-7-15-12(17-14)16-11-8-10(13)6-5-9(11)2/h5-6,8H,3-4,7,14H2,1-2H3,(H2,15,16,17). The molecule has 94 valence electrons. The molecular weight excluding hydrogens is 280 g/mol. The molecule has 5 heteroatoms. The van der Waals surface area contributed by atoms with Gasteiger partial charge in [-0.05, 0) is 31.0 Å². The molecule has 0 radical (unpaired) electrons. The Morgan fingerprint density at radius 3 is 2.88 bits per heavy atom. The highest BCUT2D eigenvalue weighted by atomic mass is 79.9. The number of unbranched alkanes of at least 4 members (excludes halogenated alkanes) is 1. The van der Waals surface area contributed by atoms with E-state index in [2.05, 4.69) is 38.6 Å². The maximum Gasteiger partial charge on any atom is 0.210 e. The summed E-state index contributed by atoms with van der Waals surface area (Å²) in [4.78, 5) is 4.35. The van der Waals surface area contributed by atoms with Crippen molar-refractivity contribution in [3.05, 3.63) is 28.2 Å². The van der Waals surface area contributed by atoms with Crippen LogP contribution in [0, 0.1) is 6.92 Å². The minimum absolute atomic E-state index is 0.597. The summed E-state index contributed by atoms with van der Waals surface area (Å²) in [5.41, 5.74) is 4.72. The van der Waals surface area contributed by atoms with Gasteiger partial charge in [0.25, 0.3) is 0 Å². The van der Waals surface area contributed by atoms with E-state index in [1.165, 1.54) is 0 Å². The van der Waals surface area contributed by atoms with Gasteiger partial charge in [0.1, 0.15) is 0 Å². The van der Waals surface area contributed by atoms with Crippen molar-refractivity contribution in [1.82, 2.24) is 5.43 Å². The van der Waals surface area contributed by atoms with Gasteiger partial charge in [0.05, 0.1) is 0 Å². The number of guanidine groups is 1. The van der Waals surface area contributed by atoms with Crippen LogP contribution >= 0.6 is 15.9 Å². The Bertz CT molecular complexity index is 390. The molecule has 0 atom stereocenters. The van der Waals surface area contributed by atoms with Crippen LogP contribution in [0.1, 0.15) is 25.3 Å². The fourth-order valence-electron chi connectivity index (χ4n) is 1.33. The second kappa shape index (κ2) is 7.29. The largest absolute Gasteiger partial charge is 0.325 e. The average molecular weight is 299 g/mol. The van der Waals surface area contributed by atoms with Crippen molar-refractivity contribution in [2.75, 3.05) is 11.9 Å². The number of nitrogens with two attached hydrogens (primary N) is 1. The summed E-state index contributed by atoms with van der Waals surface area (Å²) in [6.45, 7) is 4.95. The molecule has 4 N–H and O–H groups in total. The molecule has 0 aromatic heterocycles. The Hall–Kier alpha value is -1.07. The van der Waals surface area contributed by atoms with Gasteiger partial charge in [0.2, 0.25) is 5.96 Å². The van der Waals surface area contributed by atoms with E-state index in [1.807, 2.05) is 25.1 Å². The minimum atomic E-state index is 0.597. The van der Waals surface area contributed by atoms with Crippen LogP contribution in [0.15, 0.2) is 27.7 Å². The number of hydrogen-bond donors (Lipinski definition) is 3. The van der Waals surface area contributed by atoms with E-state index in [0.29, 0.717) is 5.96 Å². The summed E-state index contributed by atoms with van der Waals surface area (Å²) in [7, 11) is 0. The second-order valence-electron chi connectivity index (χ2n) is 3.81. The summed E-state index contributed by atoms with van der Waals surface area (Å²) in [5.74, 6) is 6.03. The molecule has 0 bridgehead atoms. The van der Waals surface area contributed by atoms with E-state index in [9.17, 15) is 0 Å². The van der Waals surface area contributed by atoms with Crippen molar-refractivity contribution in [3.63, 3.8) is 0 Å². The van der Waals surface area contributed by atoms with Crippen molar-refractivity contribution in [2.24, 2.45) is 10.8 Å².